The van der Waals surface area contributed by atoms with Gasteiger partial charge in [0.15, 0.2) is 0 Å². The SMILES string of the molecule is Cc1cc(N2CCN(C)CC2)ccc1NC(=O)NCc1ccc(OC(F)F)cc1. The summed E-state index contributed by atoms with van der Waals surface area (Å²) in [5.74, 6) is 0.0873. The number of likely N-dealkylation sites (N-methyl/N-ethyl adjacent to an activating group) is 1. The second kappa shape index (κ2) is 9.56. The van der Waals surface area contributed by atoms with Crippen LogP contribution < -0.4 is 20.3 Å². The molecular formula is C21H26F2N4O2. The van der Waals surface area contributed by atoms with Gasteiger partial charge in [0.2, 0.25) is 0 Å². The Bertz CT molecular complexity index is 822. The number of amides is 2. The van der Waals surface area contributed by atoms with E-state index in [2.05, 4.69) is 38.3 Å². The summed E-state index contributed by atoms with van der Waals surface area (Å²) in [6, 6.07) is 11.9. The molecule has 2 amide bonds. The smallest absolute Gasteiger partial charge is 0.387 e. The second-order valence-electron chi connectivity index (χ2n) is 7.12. The van der Waals surface area contributed by atoms with Crippen LogP contribution in [0.15, 0.2) is 42.5 Å². The Hall–Kier alpha value is -2.87. The minimum Gasteiger partial charge on any atom is -0.435 e. The van der Waals surface area contributed by atoms with Crippen LogP contribution in [0.4, 0.5) is 25.0 Å². The van der Waals surface area contributed by atoms with Gasteiger partial charge < -0.3 is 25.2 Å². The minimum atomic E-state index is -2.85. The third kappa shape index (κ3) is 6.05. The van der Waals surface area contributed by atoms with Crippen LogP contribution >= 0.6 is 0 Å². The van der Waals surface area contributed by atoms with Gasteiger partial charge in [-0.05, 0) is 55.4 Å². The van der Waals surface area contributed by atoms with Crippen molar-refractivity contribution >= 4 is 17.4 Å². The van der Waals surface area contributed by atoms with Gasteiger partial charge in [-0.3, -0.25) is 0 Å². The second-order valence-corrected chi connectivity index (χ2v) is 7.12. The van der Waals surface area contributed by atoms with E-state index in [9.17, 15) is 13.6 Å². The number of carbonyl (C=O) groups is 1. The number of hydrogen-bond donors (Lipinski definition) is 2. The molecule has 0 aromatic heterocycles. The fourth-order valence-corrected chi connectivity index (χ4v) is 3.19. The molecule has 0 radical (unpaired) electrons. The van der Waals surface area contributed by atoms with Crippen molar-refractivity contribution in [3.05, 3.63) is 53.6 Å². The van der Waals surface area contributed by atoms with Crippen molar-refractivity contribution in [2.75, 3.05) is 43.4 Å². The van der Waals surface area contributed by atoms with Crippen LogP contribution in [-0.4, -0.2) is 50.8 Å². The van der Waals surface area contributed by atoms with E-state index in [1.807, 2.05) is 19.1 Å². The molecular weight excluding hydrogens is 378 g/mol. The molecule has 29 heavy (non-hydrogen) atoms. The van der Waals surface area contributed by atoms with Crippen LogP contribution in [0.1, 0.15) is 11.1 Å². The summed E-state index contributed by atoms with van der Waals surface area (Å²) < 4.78 is 28.6. The van der Waals surface area contributed by atoms with Crippen molar-refractivity contribution in [1.82, 2.24) is 10.2 Å². The van der Waals surface area contributed by atoms with E-state index in [1.165, 1.54) is 12.1 Å². The maximum Gasteiger partial charge on any atom is 0.387 e. The Labute approximate surface area is 169 Å². The molecule has 2 N–H and O–H groups in total. The molecule has 1 heterocycles. The molecule has 0 spiro atoms. The normalized spacial score (nSPS) is 14.7. The highest BCUT2D eigenvalue weighted by atomic mass is 19.3. The van der Waals surface area contributed by atoms with Crippen LogP contribution in [0.5, 0.6) is 5.75 Å². The molecule has 1 saturated heterocycles. The highest BCUT2D eigenvalue weighted by molar-refractivity contribution is 5.90. The first kappa shape index (κ1) is 20.9. The molecule has 0 unspecified atom stereocenters. The van der Waals surface area contributed by atoms with E-state index >= 15 is 0 Å². The van der Waals surface area contributed by atoms with Gasteiger partial charge in [-0.15, -0.1) is 0 Å². The predicted octanol–water partition coefficient (Wildman–Crippen LogP) is 3.67. The van der Waals surface area contributed by atoms with Crippen LogP contribution in [0.3, 0.4) is 0 Å². The zero-order chi connectivity index (χ0) is 20.8. The summed E-state index contributed by atoms with van der Waals surface area (Å²) in [5.41, 5.74) is 3.68. The fourth-order valence-electron chi connectivity index (χ4n) is 3.19. The highest BCUT2D eigenvalue weighted by Crippen LogP contribution is 2.23. The van der Waals surface area contributed by atoms with Crippen molar-refractivity contribution < 1.29 is 18.3 Å². The van der Waals surface area contributed by atoms with Crippen molar-refractivity contribution in [2.45, 2.75) is 20.1 Å². The lowest BCUT2D eigenvalue weighted by atomic mass is 10.1. The van der Waals surface area contributed by atoms with E-state index in [-0.39, 0.29) is 18.3 Å². The Morgan fingerprint density at radius 1 is 1.10 bits per heavy atom. The zero-order valence-corrected chi connectivity index (χ0v) is 16.6. The lowest BCUT2D eigenvalue weighted by Gasteiger charge is -2.34. The number of anilines is 2. The summed E-state index contributed by atoms with van der Waals surface area (Å²) in [7, 11) is 2.12. The van der Waals surface area contributed by atoms with Gasteiger partial charge in [0.05, 0.1) is 0 Å². The average Bonchev–Trinajstić information content (AvgIpc) is 2.69. The third-order valence-corrected chi connectivity index (χ3v) is 4.93. The first-order valence-corrected chi connectivity index (χ1v) is 9.53. The van der Waals surface area contributed by atoms with Gasteiger partial charge >= 0.3 is 12.6 Å². The van der Waals surface area contributed by atoms with Gasteiger partial charge in [0.25, 0.3) is 0 Å². The fraction of sp³-hybridized carbons (Fsp3) is 0.381. The molecule has 156 valence electrons. The van der Waals surface area contributed by atoms with E-state index in [0.717, 1.165) is 48.7 Å². The Morgan fingerprint density at radius 2 is 1.79 bits per heavy atom. The van der Waals surface area contributed by atoms with Crippen LogP contribution in [-0.2, 0) is 6.54 Å². The first-order valence-electron chi connectivity index (χ1n) is 9.53. The van der Waals surface area contributed by atoms with Crippen LogP contribution in [0, 0.1) is 6.92 Å². The quantitative estimate of drug-likeness (QED) is 0.771. The summed E-state index contributed by atoms with van der Waals surface area (Å²) in [5, 5.41) is 5.62. The van der Waals surface area contributed by atoms with Gasteiger partial charge in [-0.25, -0.2) is 4.79 Å². The molecule has 3 rings (SSSR count). The molecule has 2 aromatic carbocycles. The number of benzene rings is 2. The van der Waals surface area contributed by atoms with Crippen molar-refractivity contribution in [3.8, 4) is 5.75 Å². The van der Waals surface area contributed by atoms with Crippen LogP contribution in [0.25, 0.3) is 0 Å². The number of halogens is 2. The van der Waals surface area contributed by atoms with E-state index in [1.54, 1.807) is 12.1 Å². The van der Waals surface area contributed by atoms with Crippen molar-refractivity contribution in [3.63, 3.8) is 0 Å². The molecule has 6 nitrogen and oxygen atoms in total. The number of ether oxygens (including phenoxy) is 1. The molecule has 2 aromatic rings. The lowest BCUT2D eigenvalue weighted by molar-refractivity contribution is -0.0498. The first-order chi connectivity index (χ1) is 13.9. The molecule has 0 saturated carbocycles. The van der Waals surface area contributed by atoms with E-state index in [0.29, 0.717) is 0 Å². The Morgan fingerprint density at radius 3 is 2.41 bits per heavy atom. The van der Waals surface area contributed by atoms with Gasteiger partial charge in [0.1, 0.15) is 5.75 Å². The van der Waals surface area contributed by atoms with Crippen molar-refractivity contribution in [1.29, 1.82) is 0 Å². The van der Waals surface area contributed by atoms with Gasteiger partial charge in [-0.2, -0.15) is 8.78 Å². The minimum absolute atomic E-state index is 0.0873. The molecule has 0 atom stereocenters. The summed E-state index contributed by atoms with van der Waals surface area (Å²) >= 11 is 0. The number of alkyl halides is 2. The molecule has 0 aliphatic carbocycles. The van der Waals surface area contributed by atoms with Gasteiger partial charge in [-0.1, -0.05) is 12.1 Å². The standard InChI is InChI=1S/C21H26F2N4O2/c1-15-13-17(27-11-9-26(2)10-12-27)5-8-19(15)25-21(28)24-14-16-3-6-18(7-4-16)29-20(22)23/h3-8,13,20H,9-12,14H2,1-2H3,(H2,24,25,28). The maximum absolute atomic E-state index is 12.2. The number of piperazine rings is 1. The summed E-state index contributed by atoms with van der Waals surface area (Å²) in [4.78, 5) is 16.9. The van der Waals surface area contributed by atoms with Crippen molar-refractivity contribution in [2.24, 2.45) is 0 Å². The molecule has 1 aliphatic rings. The molecule has 0 bridgehead atoms. The third-order valence-electron chi connectivity index (χ3n) is 4.93. The Balaban J connectivity index is 1.51. The summed E-state index contributed by atoms with van der Waals surface area (Å²) in [6.07, 6.45) is 0. The van der Waals surface area contributed by atoms with E-state index < -0.39 is 6.61 Å². The molecule has 1 fully saturated rings. The number of nitrogens with one attached hydrogen (secondary N) is 2. The summed E-state index contributed by atoms with van der Waals surface area (Å²) in [6.45, 7) is 3.45. The monoisotopic (exact) mass is 404 g/mol. The van der Waals surface area contributed by atoms with E-state index in [4.69, 9.17) is 0 Å². The molecule has 1 aliphatic heterocycles. The predicted molar refractivity (Wildman–Crippen MR) is 110 cm³/mol. The number of hydrogen-bond acceptors (Lipinski definition) is 4. The lowest BCUT2D eigenvalue weighted by Crippen LogP contribution is -2.44. The number of carbonyl (C=O) groups excluding carboxylic acids is 1. The average molecular weight is 404 g/mol. The highest BCUT2D eigenvalue weighted by Gasteiger charge is 2.15. The van der Waals surface area contributed by atoms with Gasteiger partial charge in [0, 0.05) is 44.1 Å². The molecule has 8 heteroatoms. The number of rotatable bonds is 6. The largest absolute Gasteiger partial charge is 0.435 e. The van der Waals surface area contributed by atoms with Crippen LogP contribution in [0.2, 0.25) is 0 Å². The number of aryl methyl sites for hydroxylation is 1. The number of urea groups is 1. The topological polar surface area (TPSA) is 56.8 Å². The zero-order valence-electron chi connectivity index (χ0n) is 16.6. The Kier molecular flexibility index (Phi) is 6.87. The number of nitrogens with zero attached hydrogens (tertiary/aromatic N) is 2. The maximum atomic E-state index is 12.2.